The van der Waals surface area contributed by atoms with E-state index in [2.05, 4.69) is 5.32 Å². The Bertz CT molecular complexity index is 418. The van der Waals surface area contributed by atoms with Crippen molar-refractivity contribution in [3.05, 3.63) is 35.9 Å². The number of hydrogen-bond donors (Lipinski definition) is 2. The summed E-state index contributed by atoms with van der Waals surface area (Å²) in [6.07, 6.45) is 0. The van der Waals surface area contributed by atoms with E-state index in [0.717, 1.165) is 17.3 Å². The SMILES string of the molecule is CC(=O)NCCSC(=O)[C@](C)(N)c1ccccc1. The Kier molecular flexibility index (Phi) is 5.37. The molecule has 0 aliphatic rings. The first-order valence-electron chi connectivity index (χ1n) is 5.70. The summed E-state index contributed by atoms with van der Waals surface area (Å²) in [7, 11) is 0. The summed E-state index contributed by atoms with van der Waals surface area (Å²) in [5.41, 5.74) is 5.86. The lowest BCUT2D eigenvalue weighted by atomic mass is 9.95. The zero-order valence-corrected chi connectivity index (χ0v) is 11.4. The van der Waals surface area contributed by atoms with Crippen LogP contribution < -0.4 is 11.1 Å². The molecular formula is C13H18N2O2S. The van der Waals surface area contributed by atoms with E-state index in [4.69, 9.17) is 5.73 Å². The minimum Gasteiger partial charge on any atom is -0.356 e. The van der Waals surface area contributed by atoms with Gasteiger partial charge in [-0.25, -0.2) is 0 Å². The van der Waals surface area contributed by atoms with Crippen molar-refractivity contribution >= 4 is 22.8 Å². The molecule has 5 heteroatoms. The minimum atomic E-state index is -0.998. The summed E-state index contributed by atoms with van der Waals surface area (Å²) >= 11 is 1.14. The first-order chi connectivity index (χ1) is 8.44. The van der Waals surface area contributed by atoms with Gasteiger partial charge in [0.25, 0.3) is 0 Å². The molecule has 1 aromatic rings. The number of nitrogens with one attached hydrogen (secondary N) is 1. The minimum absolute atomic E-state index is 0.0957. The number of carbonyl (C=O) groups is 2. The standard InChI is InChI=1S/C13H18N2O2S/c1-10(16)15-8-9-18-12(17)13(2,14)11-6-4-3-5-7-11/h3-7H,8-9,14H2,1-2H3,(H,15,16)/t13-/m1/s1. The third-order valence-corrected chi connectivity index (χ3v) is 3.60. The van der Waals surface area contributed by atoms with Crippen LogP contribution in [0.5, 0.6) is 0 Å². The summed E-state index contributed by atoms with van der Waals surface area (Å²) in [6.45, 7) is 3.62. The van der Waals surface area contributed by atoms with Crippen molar-refractivity contribution in [2.24, 2.45) is 5.73 Å². The highest BCUT2D eigenvalue weighted by atomic mass is 32.2. The summed E-state index contributed by atoms with van der Waals surface area (Å²) in [5, 5.41) is 2.54. The molecule has 0 radical (unpaired) electrons. The van der Waals surface area contributed by atoms with Crippen LogP contribution in [-0.2, 0) is 15.1 Å². The van der Waals surface area contributed by atoms with Gasteiger partial charge in [-0.15, -0.1) is 0 Å². The molecule has 1 amide bonds. The van der Waals surface area contributed by atoms with Crippen molar-refractivity contribution in [2.45, 2.75) is 19.4 Å². The Hall–Kier alpha value is -1.33. The van der Waals surface area contributed by atoms with Gasteiger partial charge in [0, 0.05) is 19.2 Å². The van der Waals surface area contributed by atoms with Gasteiger partial charge in [-0.2, -0.15) is 0 Å². The maximum Gasteiger partial charge on any atom is 0.216 e. The van der Waals surface area contributed by atoms with E-state index in [1.807, 2.05) is 30.3 Å². The lowest BCUT2D eigenvalue weighted by Gasteiger charge is -2.22. The largest absolute Gasteiger partial charge is 0.356 e. The highest BCUT2D eigenvalue weighted by Crippen LogP contribution is 2.23. The third kappa shape index (κ3) is 4.16. The van der Waals surface area contributed by atoms with Gasteiger partial charge in [0.1, 0.15) is 5.54 Å². The topological polar surface area (TPSA) is 72.2 Å². The fraction of sp³-hybridized carbons (Fsp3) is 0.385. The number of carbonyl (C=O) groups excluding carboxylic acids is 2. The number of thioether (sulfide) groups is 1. The Morgan fingerprint density at radius 2 is 1.94 bits per heavy atom. The second-order valence-corrected chi connectivity index (χ2v) is 5.25. The summed E-state index contributed by atoms with van der Waals surface area (Å²) in [5.74, 6) is 0.430. The van der Waals surface area contributed by atoms with Crippen molar-refractivity contribution in [1.29, 1.82) is 0 Å². The summed E-state index contributed by atoms with van der Waals surface area (Å²) in [4.78, 5) is 22.7. The fourth-order valence-electron chi connectivity index (χ4n) is 1.42. The average Bonchev–Trinajstić information content (AvgIpc) is 2.35. The van der Waals surface area contributed by atoms with Crippen molar-refractivity contribution in [3.63, 3.8) is 0 Å². The molecule has 1 aromatic carbocycles. The van der Waals surface area contributed by atoms with Crippen molar-refractivity contribution in [1.82, 2.24) is 5.32 Å². The van der Waals surface area contributed by atoms with E-state index in [0.29, 0.717) is 12.3 Å². The quantitative estimate of drug-likeness (QED) is 0.787. The normalized spacial score (nSPS) is 13.7. The summed E-state index contributed by atoms with van der Waals surface area (Å²) < 4.78 is 0. The highest BCUT2D eigenvalue weighted by molar-refractivity contribution is 8.13. The average molecular weight is 266 g/mol. The van der Waals surface area contributed by atoms with Gasteiger partial charge in [0.15, 0.2) is 0 Å². The van der Waals surface area contributed by atoms with E-state index in [-0.39, 0.29) is 11.0 Å². The van der Waals surface area contributed by atoms with E-state index in [9.17, 15) is 9.59 Å². The van der Waals surface area contributed by atoms with Crippen LogP contribution in [0, 0.1) is 0 Å². The van der Waals surface area contributed by atoms with Crippen LogP contribution in [0.3, 0.4) is 0 Å². The Labute approximate surface area is 111 Å². The molecule has 0 aliphatic heterocycles. The monoisotopic (exact) mass is 266 g/mol. The molecular weight excluding hydrogens is 248 g/mol. The molecule has 0 saturated carbocycles. The van der Waals surface area contributed by atoms with E-state index in [1.54, 1.807) is 6.92 Å². The maximum absolute atomic E-state index is 12.0. The van der Waals surface area contributed by atoms with Gasteiger partial charge in [0.05, 0.1) is 0 Å². The number of rotatable bonds is 5. The van der Waals surface area contributed by atoms with Crippen molar-refractivity contribution < 1.29 is 9.59 Å². The molecule has 0 heterocycles. The van der Waals surface area contributed by atoms with Crippen molar-refractivity contribution in [2.75, 3.05) is 12.3 Å². The molecule has 0 fully saturated rings. The maximum atomic E-state index is 12.0. The predicted molar refractivity (Wildman–Crippen MR) is 74.1 cm³/mol. The zero-order chi connectivity index (χ0) is 13.6. The van der Waals surface area contributed by atoms with Gasteiger partial charge in [-0.05, 0) is 12.5 Å². The number of nitrogens with two attached hydrogens (primary N) is 1. The smallest absolute Gasteiger partial charge is 0.216 e. The van der Waals surface area contributed by atoms with Crippen LogP contribution in [0.25, 0.3) is 0 Å². The van der Waals surface area contributed by atoms with E-state index in [1.165, 1.54) is 6.92 Å². The highest BCUT2D eigenvalue weighted by Gasteiger charge is 2.30. The molecule has 3 N–H and O–H groups in total. The van der Waals surface area contributed by atoms with Crippen LogP contribution in [0.4, 0.5) is 0 Å². The number of amides is 1. The zero-order valence-electron chi connectivity index (χ0n) is 10.6. The molecule has 0 spiro atoms. The Morgan fingerprint density at radius 1 is 1.33 bits per heavy atom. The number of hydrogen-bond acceptors (Lipinski definition) is 4. The molecule has 1 atom stereocenters. The van der Waals surface area contributed by atoms with Gasteiger partial charge in [-0.1, -0.05) is 42.1 Å². The molecule has 0 unspecified atom stereocenters. The molecule has 18 heavy (non-hydrogen) atoms. The van der Waals surface area contributed by atoms with Crippen molar-refractivity contribution in [3.8, 4) is 0 Å². The van der Waals surface area contributed by atoms with Crippen LogP contribution in [0.1, 0.15) is 19.4 Å². The van der Waals surface area contributed by atoms with Crippen LogP contribution >= 0.6 is 11.8 Å². The van der Waals surface area contributed by atoms with E-state index < -0.39 is 5.54 Å². The molecule has 1 rings (SSSR count). The van der Waals surface area contributed by atoms with Crippen LogP contribution in [-0.4, -0.2) is 23.3 Å². The Morgan fingerprint density at radius 3 is 2.50 bits per heavy atom. The first kappa shape index (κ1) is 14.7. The predicted octanol–water partition coefficient (Wildman–Crippen LogP) is 1.26. The van der Waals surface area contributed by atoms with Gasteiger partial charge >= 0.3 is 0 Å². The lowest BCUT2D eigenvalue weighted by molar-refractivity contribution is -0.119. The van der Waals surface area contributed by atoms with Gasteiger partial charge < -0.3 is 11.1 Å². The second-order valence-electron chi connectivity index (χ2n) is 4.19. The Balaban J connectivity index is 2.52. The lowest BCUT2D eigenvalue weighted by Crippen LogP contribution is -2.40. The number of benzene rings is 1. The van der Waals surface area contributed by atoms with Crippen LogP contribution in [0.2, 0.25) is 0 Å². The van der Waals surface area contributed by atoms with Crippen LogP contribution in [0.15, 0.2) is 30.3 Å². The third-order valence-electron chi connectivity index (χ3n) is 2.51. The first-order valence-corrected chi connectivity index (χ1v) is 6.69. The molecule has 0 aliphatic carbocycles. The van der Waals surface area contributed by atoms with Gasteiger partial charge in [-0.3, -0.25) is 9.59 Å². The van der Waals surface area contributed by atoms with Gasteiger partial charge in [0.2, 0.25) is 11.0 Å². The summed E-state index contributed by atoms with van der Waals surface area (Å²) in [6, 6.07) is 9.28. The molecule has 98 valence electrons. The molecule has 0 saturated heterocycles. The second kappa shape index (κ2) is 6.56. The van der Waals surface area contributed by atoms with E-state index >= 15 is 0 Å². The molecule has 4 nitrogen and oxygen atoms in total. The molecule has 0 bridgehead atoms. The fourth-order valence-corrected chi connectivity index (χ4v) is 2.23. The molecule has 0 aromatic heterocycles.